The third kappa shape index (κ3) is 2.94. The monoisotopic (exact) mass is 213 g/mol. The molecule has 1 saturated carbocycles. The number of nitrogens with one attached hydrogen (secondary N) is 1. The SMILES string of the molecule is CCCCNC(=O)CC1(C(=O)O)CCC1. The van der Waals surface area contributed by atoms with Crippen LogP contribution in [0.3, 0.4) is 0 Å². The Hall–Kier alpha value is -1.06. The molecular formula is C11H19NO3. The summed E-state index contributed by atoms with van der Waals surface area (Å²) in [5, 5.41) is 11.8. The van der Waals surface area contributed by atoms with Crippen molar-refractivity contribution in [3.05, 3.63) is 0 Å². The van der Waals surface area contributed by atoms with Crippen LogP contribution in [0.1, 0.15) is 45.4 Å². The molecule has 4 heteroatoms. The zero-order valence-corrected chi connectivity index (χ0v) is 9.21. The molecule has 0 spiro atoms. The van der Waals surface area contributed by atoms with E-state index in [1.807, 2.05) is 0 Å². The summed E-state index contributed by atoms with van der Waals surface area (Å²) in [5.41, 5.74) is -0.754. The molecule has 0 aromatic carbocycles. The molecule has 0 aromatic heterocycles. The topological polar surface area (TPSA) is 66.4 Å². The van der Waals surface area contributed by atoms with Crippen LogP contribution in [0.4, 0.5) is 0 Å². The van der Waals surface area contributed by atoms with Crippen molar-refractivity contribution in [1.82, 2.24) is 5.32 Å². The zero-order chi connectivity index (χ0) is 11.3. The third-order valence-electron chi connectivity index (χ3n) is 3.12. The number of carboxylic acids is 1. The summed E-state index contributed by atoms with van der Waals surface area (Å²) in [6.45, 7) is 2.71. The summed E-state index contributed by atoms with van der Waals surface area (Å²) < 4.78 is 0. The second-order valence-corrected chi connectivity index (χ2v) is 4.32. The summed E-state index contributed by atoms with van der Waals surface area (Å²) in [6, 6.07) is 0. The number of rotatable bonds is 6. The molecule has 0 aromatic rings. The molecule has 1 aliphatic rings. The lowest BCUT2D eigenvalue weighted by Crippen LogP contribution is -2.42. The average molecular weight is 213 g/mol. The first-order chi connectivity index (χ1) is 7.10. The van der Waals surface area contributed by atoms with Crippen LogP contribution >= 0.6 is 0 Å². The number of carbonyl (C=O) groups excluding carboxylic acids is 1. The van der Waals surface area contributed by atoms with E-state index in [9.17, 15) is 9.59 Å². The van der Waals surface area contributed by atoms with Crippen LogP contribution in [0.2, 0.25) is 0 Å². The minimum absolute atomic E-state index is 0.120. The second-order valence-electron chi connectivity index (χ2n) is 4.32. The van der Waals surface area contributed by atoms with Gasteiger partial charge in [0.25, 0.3) is 0 Å². The molecule has 0 unspecified atom stereocenters. The molecule has 0 radical (unpaired) electrons. The van der Waals surface area contributed by atoms with Gasteiger partial charge in [-0.25, -0.2) is 0 Å². The van der Waals surface area contributed by atoms with Gasteiger partial charge in [0.2, 0.25) is 5.91 Å². The van der Waals surface area contributed by atoms with Crippen LogP contribution < -0.4 is 5.32 Å². The second kappa shape index (κ2) is 5.14. The van der Waals surface area contributed by atoms with Gasteiger partial charge in [0.15, 0.2) is 0 Å². The van der Waals surface area contributed by atoms with Gasteiger partial charge in [0.05, 0.1) is 5.41 Å². The average Bonchev–Trinajstić information content (AvgIpc) is 2.11. The number of unbranched alkanes of at least 4 members (excludes halogenated alkanes) is 1. The maximum atomic E-state index is 11.5. The summed E-state index contributed by atoms with van der Waals surface area (Å²) >= 11 is 0. The Morgan fingerprint density at radius 2 is 2.07 bits per heavy atom. The molecule has 0 aliphatic heterocycles. The summed E-state index contributed by atoms with van der Waals surface area (Å²) in [5.74, 6) is -0.940. The number of hydrogen-bond donors (Lipinski definition) is 2. The highest BCUT2D eigenvalue weighted by molar-refractivity contribution is 5.85. The molecule has 4 nitrogen and oxygen atoms in total. The van der Waals surface area contributed by atoms with Gasteiger partial charge in [-0.2, -0.15) is 0 Å². The van der Waals surface area contributed by atoms with Crippen molar-refractivity contribution in [2.75, 3.05) is 6.54 Å². The van der Waals surface area contributed by atoms with E-state index < -0.39 is 11.4 Å². The number of hydrogen-bond acceptors (Lipinski definition) is 2. The van der Waals surface area contributed by atoms with E-state index in [0.717, 1.165) is 19.3 Å². The van der Waals surface area contributed by atoms with E-state index in [0.29, 0.717) is 19.4 Å². The Morgan fingerprint density at radius 3 is 2.47 bits per heavy atom. The minimum atomic E-state index is -0.820. The summed E-state index contributed by atoms with van der Waals surface area (Å²) in [7, 11) is 0. The Morgan fingerprint density at radius 1 is 1.40 bits per heavy atom. The highest BCUT2D eigenvalue weighted by atomic mass is 16.4. The highest BCUT2D eigenvalue weighted by Gasteiger charge is 2.45. The first-order valence-electron chi connectivity index (χ1n) is 5.61. The van der Waals surface area contributed by atoms with Crippen molar-refractivity contribution in [2.45, 2.75) is 45.4 Å². The fourth-order valence-corrected chi connectivity index (χ4v) is 1.84. The molecule has 0 heterocycles. The maximum absolute atomic E-state index is 11.5. The largest absolute Gasteiger partial charge is 0.481 e. The fraction of sp³-hybridized carbons (Fsp3) is 0.818. The predicted octanol–water partition coefficient (Wildman–Crippen LogP) is 1.55. The third-order valence-corrected chi connectivity index (χ3v) is 3.12. The van der Waals surface area contributed by atoms with Gasteiger partial charge in [-0.05, 0) is 19.3 Å². The van der Waals surface area contributed by atoms with Crippen LogP contribution in [0.15, 0.2) is 0 Å². The molecule has 1 rings (SSSR count). The lowest BCUT2D eigenvalue weighted by Gasteiger charge is -2.36. The Kier molecular flexibility index (Phi) is 4.12. The van der Waals surface area contributed by atoms with Crippen molar-refractivity contribution in [2.24, 2.45) is 5.41 Å². The molecule has 0 atom stereocenters. The van der Waals surface area contributed by atoms with E-state index in [-0.39, 0.29) is 12.3 Å². The number of carboxylic acid groups (broad SMARTS) is 1. The summed E-state index contributed by atoms with van der Waals surface area (Å²) in [4.78, 5) is 22.4. The van der Waals surface area contributed by atoms with Gasteiger partial charge < -0.3 is 10.4 Å². The van der Waals surface area contributed by atoms with Crippen LogP contribution in [-0.2, 0) is 9.59 Å². The van der Waals surface area contributed by atoms with Crippen molar-refractivity contribution in [1.29, 1.82) is 0 Å². The van der Waals surface area contributed by atoms with Crippen molar-refractivity contribution in [3.63, 3.8) is 0 Å². The highest BCUT2D eigenvalue weighted by Crippen LogP contribution is 2.44. The van der Waals surface area contributed by atoms with Crippen LogP contribution in [0.25, 0.3) is 0 Å². The van der Waals surface area contributed by atoms with Gasteiger partial charge >= 0.3 is 5.97 Å². The Bertz CT molecular complexity index is 246. The first kappa shape index (κ1) is 12.0. The molecule has 0 bridgehead atoms. The first-order valence-corrected chi connectivity index (χ1v) is 5.61. The van der Waals surface area contributed by atoms with Gasteiger partial charge in [0, 0.05) is 13.0 Å². The number of carbonyl (C=O) groups is 2. The van der Waals surface area contributed by atoms with Crippen LogP contribution in [0, 0.1) is 5.41 Å². The van der Waals surface area contributed by atoms with Gasteiger partial charge in [-0.1, -0.05) is 19.8 Å². The number of amides is 1. The van der Waals surface area contributed by atoms with E-state index in [4.69, 9.17) is 5.11 Å². The molecule has 15 heavy (non-hydrogen) atoms. The molecular weight excluding hydrogens is 194 g/mol. The van der Waals surface area contributed by atoms with Crippen LogP contribution in [-0.4, -0.2) is 23.5 Å². The molecule has 1 fully saturated rings. The molecule has 86 valence electrons. The maximum Gasteiger partial charge on any atom is 0.310 e. The van der Waals surface area contributed by atoms with E-state index in [1.165, 1.54) is 0 Å². The van der Waals surface area contributed by atoms with E-state index in [2.05, 4.69) is 12.2 Å². The van der Waals surface area contributed by atoms with Gasteiger partial charge in [-0.3, -0.25) is 9.59 Å². The minimum Gasteiger partial charge on any atom is -0.481 e. The van der Waals surface area contributed by atoms with Crippen molar-refractivity contribution < 1.29 is 14.7 Å². The number of aliphatic carboxylic acids is 1. The van der Waals surface area contributed by atoms with Gasteiger partial charge in [0.1, 0.15) is 0 Å². The Labute approximate surface area is 90.0 Å². The zero-order valence-electron chi connectivity index (χ0n) is 9.21. The van der Waals surface area contributed by atoms with E-state index in [1.54, 1.807) is 0 Å². The molecule has 1 aliphatic carbocycles. The normalized spacial score (nSPS) is 17.9. The fourth-order valence-electron chi connectivity index (χ4n) is 1.84. The smallest absolute Gasteiger partial charge is 0.310 e. The van der Waals surface area contributed by atoms with Crippen molar-refractivity contribution >= 4 is 11.9 Å². The molecule has 1 amide bonds. The predicted molar refractivity (Wildman–Crippen MR) is 56.5 cm³/mol. The van der Waals surface area contributed by atoms with Crippen LogP contribution in [0.5, 0.6) is 0 Å². The Balaban J connectivity index is 2.32. The quantitative estimate of drug-likeness (QED) is 0.658. The van der Waals surface area contributed by atoms with Gasteiger partial charge in [-0.15, -0.1) is 0 Å². The lowest BCUT2D eigenvalue weighted by molar-refractivity contribution is -0.157. The summed E-state index contributed by atoms with van der Waals surface area (Å²) in [6.07, 6.45) is 4.34. The molecule has 0 saturated heterocycles. The standard InChI is InChI=1S/C11H19NO3/c1-2-3-7-12-9(13)8-11(10(14)15)5-4-6-11/h2-8H2,1H3,(H,12,13)(H,14,15). The van der Waals surface area contributed by atoms with E-state index >= 15 is 0 Å². The lowest BCUT2D eigenvalue weighted by atomic mass is 9.66. The molecule has 2 N–H and O–H groups in total. The van der Waals surface area contributed by atoms with Crippen molar-refractivity contribution in [3.8, 4) is 0 Å².